The molecule has 1 heterocycles. The first-order valence-corrected chi connectivity index (χ1v) is 33.8. The number of likely N-dealkylation sites (tertiary alicyclic amines) is 1. The van der Waals surface area contributed by atoms with E-state index in [4.69, 9.17) is 42.6 Å². The van der Waals surface area contributed by atoms with Crippen molar-refractivity contribution in [1.29, 1.82) is 0 Å². The van der Waals surface area contributed by atoms with Gasteiger partial charge < -0.3 is 47.5 Å². The maximum Gasteiger partial charge on any atom is 0.311 e. The summed E-state index contributed by atoms with van der Waals surface area (Å²) in [5.74, 6) is -0.265. The fourth-order valence-electron chi connectivity index (χ4n) is 9.06. The second-order valence-electron chi connectivity index (χ2n) is 22.8. The fourth-order valence-corrected chi connectivity index (χ4v) is 9.06. The van der Waals surface area contributed by atoms with Crippen LogP contribution in [0.1, 0.15) is 292 Å². The van der Waals surface area contributed by atoms with Crippen LogP contribution in [0.3, 0.4) is 0 Å². The van der Waals surface area contributed by atoms with Gasteiger partial charge in [0.1, 0.15) is 12.7 Å². The summed E-state index contributed by atoms with van der Waals surface area (Å²) in [5.41, 5.74) is -0.396. The van der Waals surface area contributed by atoms with Crippen LogP contribution < -0.4 is 0 Å². The standard InChI is InChI=1S/C51H97NO12.2C8H18/c1-5-7-9-11-13-15-21-27-48(53)62-35-25-18-17-23-33-59-45-47(61-34-24-19-20-26-36-63-49(54)28-22-16-14-12-10-8-6-2)46-60-42-41-57-38-37-56-39-40-58-43-44-64-50(55)51(3)29-31-52(4)32-30-51;2*1-3-5-7-8-6-4-2/h47H,5-46H2,1-4H3;2*3-8H2,1-2H3. The van der Waals surface area contributed by atoms with E-state index in [1.165, 1.54) is 141 Å². The molecule has 0 N–H and O–H groups in total. The number of ether oxygens (including phenoxy) is 9. The van der Waals surface area contributed by atoms with Crippen molar-refractivity contribution >= 4 is 17.9 Å². The van der Waals surface area contributed by atoms with E-state index in [-0.39, 0.29) is 30.6 Å². The number of unbranched alkanes of at least 4 members (excludes halogenated alkanes) is 28. The zero-order chi connectivity index (χ0) is 58.9. The molecule has 478 valence electrons. The van der Waals surface area contributed by atoms with Crippen LogP contribution in [-0.2, 0) is 57.0 Å². The molecular formula is C67H133NO12. The topological polar surface area (TPSA) is 138 Å². The Morgan fingerprint density at radius 2 is 0.650 bits per heavy atom. The van der Waals surface area contributed by atoms with Crippen LogP contribution in [0.2, 0.25) is 0 Å². The summed E-state index contributed by atoms with van der Waals surface area (Å²) in [5, 5.41) is 0. The van der Waals surface area contributed by atoms with Gasteiger partial charge in [-0.05, 0) is 91.3 Å². The molecule has 0 saturated carbocycles. The number of hydrogen-bond donors (Lipinski definition) is 0. The van der Waals surface area contributed by atoms with Crippen LogP contribution >= 0.6 is 0 Å². The first-order chi connectivity index (χ1) is 39.1. The third-order valence-corrected chi connectivity index (χ3v) is 14.8. The molecule has 1 aliphatic rings. The fraction of sp³-hybridized carbons (Fsp3) is 0.955. The normalized spacial score (nSPS) is 13.5. The Bertz CT molecular complexity index is 1230. The van der Waals surface area contributed by atoms with E-state index >= 15 is 0 Å². The van der Waals surface area contributed by atoms with Gasteiger partial charge in [-0.15, -0.1) is 0 Å². The maximum absolute atomic E-state index is 12.5. The molecular weight excluding hydrogens is 1010 g/mol. The van der Waals surface area contributed by atoms with Crippen LogP contribution in [0.4, 0.5) is 0 Å². The van der Waals surface area contributed by atoms with Crippen molar-refractivity contribution in [1.82, 2.24) is 4.90 Å². The zero-order valence-electron chi connectivity index (χ0n) is 54.1. The average Bonchev–Trinajstić information content (AvgIpc) is 3.46. The molecule has 1 unspecified atom stereocenters. The molecule has 0 aromatic heterocycles. The minimum atomic E-state index is -0.396. The molecule has 0 aromatic carbocycles. The Morgan fingerprint density at radius 3 is 1.04 bits per heavy atom. The van der Waals surface area contributed by atoms with Gasteiger partial charge in [0.05, 0.1) is 78.1 Å². The van der Waals surface area contributed by atoms with Gasteiger partial charge in [0.25, 0.3) is 0 Å². The highest BCUT2D eigenvalue weighted by atomic mass is 16.6. The molecule has 1 atom stereocenters. The van der Waals surface area contributed by atoms with Crippen molar-refractivity contribution in [3.63, 3.8) is 0 Å². The molecule has 1 fully saturated rings. The van der Waals surface area contributed by atoms with Crippen LogP contribution in [0.15, 0.2) is 0 Å². The Labute approximate surface area is 494 Å². The van der Waals surface area contributed by atoms with E-state index in [0.29, 0.717) is 98.7 Å². The van der Waals surface area contributed by atoms with Gasteiger partial charge in [-0.3, -0.25) is 14.4 Å². The summed E-state index contributed by atoms with van der Waals surface area (Å²) in [6, 6.07) is 0. The second kappa shape index (κ2) is 66.3. The third kappa shape index (κ3) is 60.7. The molecule has 0 radical (unpaired) electrons. The van der Waals surface area contributed by atoms with Gasteiger partial charge in [-0.25, -0.2) is 0 Å². The lowest BCUT2D eigenvalue weighted by atomic mass is 9.80. The van der Waals surface area contributed by atoms with E-state index in [2.05, 4.69) is 53.5 Å². The number of carbonyl (C=O) groups is 3. The lowest BCUT2D eigenvalue weighted by Crippen LogP contribution is -2.42. The van der Waals surface area contributed by atoms with Gasteiger partial charge in [0.15, 0.2) is 0 Å². The number of esters is 3. The molecule has 0 amide bonds. The first kappa shape index (κ1) is 80.2. The summed E-state index contributed by atoms with van der Waals surface area (Å²) in [7, 11) is 2.08. The largest absolute Gasteiger partial charge is 0.466 e. The van der Waals surface area contributed by atoms with Gasteiger partial charge in [0, 0.05) is 26.1 Å². The van der Waals surface area contributed by atoms with Crippen molar-refractivity contribution in [2.24, 2.45) is 5.41 Å². The number of carbonyl (C=O) groups excluding carboxylic acids is 3. The molecule has 1 rings (SSSR count). The van der Waals surface area contributed by atoms with Crippen molar-refractivity contribution < 1.29 is 57.0 Å². The predicted molar refractivity (Wildman–Crippen MR) is 332 cm³/mol. The number of piperidine rings is 1. The van der Waals surface area contributed by atoms with Gasteiger partial charge in [0.2, 0.25) is 0 Å². The Morgan fingerprint density at radius 1 is 0.350 bits per heavy atom. The molecule has 13 heteroatoms. The molecule has 1 aliphatic heterocycles. The van der Waals surface area contributed by atoms with Crippen LogP contribution in [-0.4, -0.2) is 142 Å². The zero-order valence-corrected chi connectivity index (χ0v) is 54.1. The van der Waals surface area contributed by atoms with Crippen molar-refractivity contribution in [2.45, 2.75) is 299 Å². The number of nitrogens with zero attached hydrogens (tertiary/aromatic N) is 1. The van der Waals surface area contributed by atoms with E-state index in [0.717, 1.165) is 103 Å². The predicted octanol–water partition coefficient (Wildman–Crippen LogP) is 17.0. The smallest absolute Gasteiger partial charge is 0.311 e. The highest BCUT2D eigenvalue weighted by Gasteiger charge is 2.37. The summed E-state index contributed by atoms with van der Waals surface area (Å²) in [6.45, 7) is 23.7. The van der Waals surface area contributed by atoms with Crippen molar-refractivity contribution in [2.75, 3.05) is 113 Å². The van der Waals surface area contributed by atoms with E-state index in [9.17, 15) is 14.4 Å². The third-order valence-electron chi connectivity index (χ3n) is 14.8. The minimum Gasteiger partial charge on any atom is -0.466 e. The second-order valence-corrected chi connectivity index (χ2v) is 22.8. The average molecular weight is 1140 g/mol. The Balaban J connectivity index is 0. The van der Waals surface area contributed by atoms with E-state index < -0.39 is 5.41 Å². The minimum absolute atomic E-state index is 0.0657. The summed E-state index contributed by atoms with van der Waals surface area (Å²) >= 11 is 0. The van der Waals surface area contributed by atoms with Crippen LogP contribution in [0.25, 0.3) is 0 Å². The Hall–Kier alpha value is -1.87. The maximum atomic E-state index is 12.5. The van der Waals surface area contributed by atoms with Crippen LogP contribution in [0.5, 0.6) is 0 Å². The number of rotatable bonds is 58. The number of hydrogen-bond acceptors (Lipinski definition) is 13. The van der Waals surface area contributed by atoms with Gasteiger partial charge >= 0.3 is 17.9 Å². The van der Waals surface area contributed by atoms with Gasteiger partial charge in [-0.1, -0.05) is 208 Å². The molecule has 0 bridgehead atoms. The SMILES string of the molecule is CCCCCCCC.CCCCCCCC.CCCCCCCCCC(=O)OCCCCCCOCC(COCCOCCOCCOCCOC(=O)C1(C)CCN(C)CC1)OCCCCCCOC(=O)CCCCCCCCC. The molecule has 1 saturated heterocycles. The lowest BCUT2D eigenvalue weighted by Gasteiger charge is -2.35. The van der Waals surface area contributed by atoms with Crippen molar-refractivity contribution in [3.8, 4) is 0 Å². The molecule has 80 heavy (non-hydrogen) atoms. The quantitative estimate of drug-likeness (QED) is 0.0325. The summed E-state index contributed by atoms with van der Waals surface area (Å²) in [4.78, 5) is 38.8. The summed E-state index contributed by atoms with van der Waals surface area (Å²) < 4.78 is 51.3. The highest BCUT2D eigenvalue weighted by molar-refractivity contribution is 5.76. The van der Waals surface area contributed by atoms with Gasteiger partial charge in [-0.2, -0.15) is 0 Å². The lowest BCUT2D eigenvalue weighted by molar-refractivity contribution is -0.159. The molecule has 0 aromatic rings. The van der Waals surface area contributed by atoms with E-state index in [1.807, 2.05) is 6.92 Å². The first-order valence-electron chi connectivity index (χ1n) is 33.8. The van der Waals surface area contributed by atoms with E-state index in [1.54, 1.807) is 0 Å². The van der Waals surface area contributed by atoms with Crippen LogP contribution in [0, 0.1) is 5.41 Å². The Kier molecular flexibility index (Phi) is 66.4. The summed E-state index contributed by atoms with van der Waals surface area (Å²) in [6.07, 6.45) is 43.9. The highest BCUT2D eigenvalue weighted by Crippen LogP contribution is 2.31. The molecule has 0 aliphatic carbocycles. The van der Waals surface area contributed by atoms with Crippen molar-refractivity contribution in [3.05, 3.63) is 0 Å². The molecule has 13 nitrogen and oxygen atoms in total. The molecule has 0 spiro atoms. The monoisotopic (exact) mass is 1140 g/mol.